The van der Waals surface area contributed by atoms with Crippen LogP contribution < -0.4 is 5.73 Å². The third kappa shape index (κ3) is 2.02. The molecule has 1 aromatic rings. The van der Waals surface area contributed by atoms with Gasteiger partial charge in [0.05, 0.1) is 6.20 Å². The Hall–Kier alpha value is -0.830. The zero-order chi connectivity index (χ0) is 13.9. The van der Waals surface area contributed by atoms with Crippen LogP contribution in [-0.2, 0) is 13.5 Å². The highest BCUT2D eigenvalue weighted by atomic mass is 15.2. The Morgan fingerprint density at radius 2 is 1.80 bits per heavy atom. The first kappa shape index (κ1) is 12.9. The minimum atomic E-state index is -0.0638. The fourth-order valence-electron chi connectivity index (χ4n) is 6.12. The molecule has 5 rings (SSSR count). The van der Waals surface area contributed by atoms with E-state index in [0.717, 1.165) is 36.0 Å². The predicted molar refractivity (Wildman–Crippen MR) is 80.0 cm³/mol. The summed E-state index contributed by atoms with van der Waals surface area (Å²) >= 11 is 0. The van der Waals surface area contributed by atoms with E-state index < -0.39 is 0 Å². The molecular weight excluding hydrogens is 246 g/mol. The van der Waals surface area contributed by atoms with Crippen molar-refractivity contribution >= 4 is 0 Å². The Bertz CT molecular complexity index is 474. The van der Waals surface area contributed by atoms with Crippen molar-refractivity contribution < 1.29 is 0 Å². The van der Waals surface area contributed by atoms with Gasteiger partial charge in [-0.2, -0.15) is 5.10 Å². The van der Waals surface area contributed by atoms with Gasteiger partial charge in [0.2, 0.25) is 0 Å². The maximum absolute atomic E-state index is 6.85. The second-order valence-electron chi connectivity index (χ2n) is 8.16. The Morgan fingerprint density at radius 1 is 1.20 bits per heavy atom. The van der Waals surface area contributed by atoms with Crippen molar-refractivity contribution in [3.63, 3.8) is 0 Å². The van der Waals surface area contributed by atoms with Gasteiger partial charge >= 0.3 is 0 Å². The zero-order valence-corrected chi connectivity index (χ0v) is 12.8. The number of hydrogen-bond acceptors (Lipinski definition) is 2. The van der Waals surface area contributed by atoms with Gasteiger partial charge in [-0.3, -0.25) is 4.68 Å². The SMILES string of the molecule is Cn1cc(CC(C)(N)C2C3CC4CC(C3)CC2C4)cn1. The molecule has 4 aliphatic carbocycles. The number of nitrogens with zero attached hydrogens (tertiary/aromatic N) is 2. The first-order chi connectivity index (χ1) is 9.51. The van der Waals surface area contributed by atoms with Crippen LogP contribution in [-0.4, -0.2) is 15.3 Å². The van der Waals surface area contributed by atoms with Crippen LogP contribution in [0.5, 0.6) is 0 Å². The van der Waals surface area contributed by atoms with Crippen LogP contribution in [0.3, 0.4) is 0 Å². The fourth-order valence-corrected chi connectivity index (χ4v) is 6.12. The molecule has 2 N–H and O–H groups in total. The van der Waals surface area contributed by atoms with Crippen molar-refractivity contribution in [3.05, 3.63) is 18.0 Å². The summed E-state index contributed by atoms with van der Waals surface area (Å²) in [4.78, 5) is 0. The van der Waals surface area contributed by atoms with Crippen LogP contribution in [0.4, 0.5) is 0 Å². The number of nitrogens with two attached hydrogens (primary N) is 1. The van der Waals surface area contributed by atoms with E-state index in [1.165, 1.54) is 37.7 Å². The molecule has 0 aliphatic heterocycles. The molecule has 3 nitrogen and oxygen atoms in total. The van der Waals surface area contributed by atoms with Gasteiger partial charge in [0.15, 0.2) is 0 Å². The molecule has 4 bridgehead atoms. The van der Waals surface area contributed by atoms with E-state index in [1.807, 2.05) is 17.9 Å². The molecule has 0 saturated heterocycles. The van der Waals surface area contributed by atoms with E-state index in [2.05, 4.69) is 18.2 Å². The fraction of sp³-hybridized carbons (Fsp3) is 0.824. The monoisotopic (exact) mass is 273 g/mol. The number of aromatic nitrogens is 2. The first-order valence-electron chi connectivity index (χ1n) is 8.27. The predicted octanol–water partition coefficient (Wildman–Crippen LogP) is 2.75. The molecule has 0 radical (unpaired) electrons. The lowest BCUT2D eigenvalue weighted by Crippen LogP contribution is -2.58. The standard InChI is InChI=1S/C17H27N3/c1-17(18,8-13-9-19-20(2)10-13)16-14-4-11-3-12(6-14)7-15(16)5-11/h9-12,14-16H,3-8,18H2,1-2H3. The summed E-state index contributed by atoms with van der Waals surface area (Å²) in [5.41, 5.74) is 8.08. The van der Waals surface area contributed by atoms with Crippen LogP contribution in [0, 0.1) is 29.6 Å². The highest BCUT2D eigenvalue weighted by molar-refractivity contribution is 5.13. The molecule has 4 fully saturated rings. The van der Waals surface area contributed by atoms with E-state index >= 15 is 0 Å². The summed E-state index contributed by atoms with van der Waals surface area (Å²) in [5, 5.41) is 4.30. The third-order valence-corrected chi connectivity index (χ3v) is 6.33. The van der Waals surface area contributed by atoms with Gasteiger partial charge in [-0.15, -0.1) is 0 Å². The molecule has 4 aliphatic rings. The molecule has 3 heteroatoms. The number of aryl methyl sites for hydroxylation is 1. The topological polar surface area (TPSA) is 43.8 Å². The molecular formula is C17H27N3. The molecule has 110 valence electrons. The van der Waals surface area contributed by atoms with Gasteiger partial charge in [-0.05, 0) is 80.6 Å². The van der Waals surface area contributed by atoms with Crippen LogP contribution >= 0.6 is 0 Å². The molecule has 1 unspecified atom stereocenters. The maximum Gasteiger partial charge on any atom is 0.0522 e. The van der Waals surface area contributed by atoms with Gasteiger partial charge in [0, 0.05) is 18.8 Å². The van der Waals surface area contributed by atoms with Crippen molar-refractivity contribution in [1.82, 2.24) is 9.78 Å². The molecule has 1 aromatic heterocycles. The minimum Gasteiger partial charge on any atom is -0.325 e. The van der Waals surface area contributed by atoms with Crippen LogP contribution in [0.2, 0.25) is 0 Å². The molecule has 1 heterocycles. The summed E-state index contributed by atoms with van der Waals surface area (Å²) < 4.78 is 1.89. The molecule has 20 heavy (non-hydrogen) atoms. The van der Waals surface area contributed by atoms with E-state index in [1.54, 1.807) is 0 Å². The Balaban J connectivity index is 1.56. The second-order valence-corrected chi connectivity index (χ2v) is 8.16. The lowest BCUT2D eigenvalue weighted by Gasteiger charge is -2.58. The average Bonchev–Trinajstić information content (AvgIpc) is 2.71. The molecule has 0 amide bonds. The Labute approximate surface area is 121 Å². The van der Waals surface area contributed by atoms with Crippen molar-refractivity contribution in [1.29, 1.82) is 0 Å². The third-order valence-electron chi connectivity index (χ3n) is 6.33. The summed E-state index contributed by atoms with van der Waals surface area (Å²) in [6, 6.07) is 0. The summed E-state index contributed by atoms with van der Waals surface area (Å²) in [6.45, 7) is 2.30. The van der Waals surface area contributed by atoms with Gasteiger partial charge in [0.25, 0.3) is 0 Å². The molecule has 4 saturated carbocycles. The zero-order valence-electron chi connectivity index (χ0n) is 12.8. The van der Waals surface area contributed by atoms with Crippen LogP contribution in [0.15, 0.2) is 12.4 Å². The van der Waals surface area contributed by atoms with E-state index in [0.29, 0.717) is 0 Å². The maximum atomic E-state index is 6.85. The first-order valence-corrected chi connectivity index (χ1v) is 8.27. The smallest absolute Gasteiger partial charge is 0.0522 e. The highest BCUT2D eigenvalue weighted by Gasteiger charge is 2.52. The highest BCUT2D eigenvalue weighted by Crippen LogP contribution is 2.58. The molecule has 0 spiro atoms. The van der Waals surface area contributed by atoms with E-state index in [9.17, 15) is 0 Å². The van der Waals surface area contributed by atoms with Gasteiger partial charge < -0.3 is 5.73 Å². The van der Waals surface area contributed by atoms with Gasteiger partial charge in [-0.25, -0.2) is 0 Å². The van der Waals surface area contributed by atoms with Gasteiger partial charge in [0.1, 0.15) is 0 Å². The minimum absolute atomic E-state index is 0.0638. The Morgan fingerprint density at radius 3 is 2.30 bits per heavy atom. The second kappa shape index (κ2) is 4.33. The molecule has 0 aromatic carbocycles. The van der Waals surface area contributed by atoms with Crippen molar-refractivity contribution in [2.75, 3.05) is 0 Å². The Kier molecular flexibility index (Phi) is 2.79. The number of hydrogen-bond donors (Lipinski definition) is 1. The largest absolute Gasteiger partial charge is 0.325 e. The van der Waals surface area contributed by atoms with Crippen molar-refractivity contribution in [2.24, 2.45) is 42.4 Å². The normalized spacial score (nSPS) is 41.9. The van der Waals surface area contributed by atoms with Crippen molar-refractivity contribution in [2.45, 2.75) is 51.0 Å². The number of rotatable bonds is 3. The lowest BCUT2D eigenvalue weighted by atomic mass is 9.48. The van der Waals surface area contributed by atoms with E-state index in [4.69, 9.17) is 5.73 Å². The van der Waals surface area contributed by atoms with Crippen LogP contribution in [0.25, 0.3) is 0 Å². The van der Waals surface area contributed by atoms with Gasteiger partial charge in [-0.1, -0.05) is 0 Å². The van der Waals surface area contributed by atoms with Crippen LogP contribution in [0.1, 0.15) is 44.6 Å². The average molecular weight is 273 g/mol. The quantitative estimate of drug-likeness (QED) is 0.920. The summed E-state index contributed by atoms with van der Waals surface area (Å²) in [6.07, 6.45) is 12.4. The lowest BCUT2D eigenvalue weighted by molar-refractivity contribution is -0.0660. The molecule has 1 atom stereocenters. The summed E-state index contributed by atoms with van der Waals surface area (Å²) in [5.74, 6) is 4.59. The van der Waals surface area contributed by atoms with E-state index in [-0.39, 0.29) is 5.54 Å². The van der Waals surface area contributed by atoms with Crippen molar-refractivity contribution in [3.8, 4) is 0 Å². The summed E-state index contributed by atoms with van der Waals surface area (Å²) in [7, 11) is 1.99.